The van der Waals surface area contributed by atoms with Crippen LogP contribution in [0.1, 0.15) is 51.4 Å². The topological polar surface area (TPSA) is 41.1 Å². The monoisotopic (exact) mass is 248 g/mol. The minimum absolute atomic E-state index is 0.137. The van der Waals surface area contributed by atoms with Gasteiger partial charge in [-0.3, -0.25) is 4.79 Å². The lowest BCUT2D eigenvalue weighted by Crippen LogP contribution is -2.67. The van der Waals surface area contributed by atoms with Gasteiger partial charge in [0.2, 0.25) is 0 Å². The molecule has 0 aromatic carbocycles. The van der Waals surface area contributed by atoms with Crippen molar-refractivity contribution in [3.8, 4) is 0 Å². The molecule has 0 radical (unpaired) electrons. The van der Waals surface area contributed by atoms with Crippen molar-refractivity contribution < 1.29 is 4.79 Å². The van der Waals surface area contributed by atoms with Gasteiger partial charge in [-0.15, -0.1) is 0 Å². The van der Waals surface area contributed by atoms with Crippen molar-refractivity contribution in [2.45, 2.75) is 75.5 Å². The third-order valence-electron chi connectivity index (χ3n) is 5.88. The van der Waals surface area contributed by atoms with Crippen LogP contribution < -0.4 is 10.6 Å². The van der Waals surface area contributed by atoms with Gasteiger partial charge in [-0.1, -0.05) is 25.7 Å². The SMILES string of the molecule is O=C1C2CCCCC2C2NC3CCCCC3NC12. The highest BCUT2D eigenvalue weighted by Crippen LogP contribution is 2.42. The summed E-state index contributed by atoms with van der Waals surface area (Å²) in [4.78, 5) is 12.5. The van der Waals surface area contributed by atoms with E-state index in [9.17, 15) is 4.79 Å². The zero-order chi connectivity index (χ0) is 12.1. The van der Waals surface area contributed by atoms with Gasteiger partial charge in [0.05, 0.1) is 6.04 Å². The highest BCUT2D eigenvalue weighted by Gasteiger charge is 2.53. The van der Waals surface area contributed by atoms with E-state index in [1.807, 2.05) is 0 Å². The highest BCUT2D eigenvalue weighted by molar-refractivity contribution is 5.90. The average Bonchev–Trinajstić information content (AvgIpc) is 2.71. The molecule has 0 aromatic rings. The third-order valence-corrected chi connectivity index (χ3v) is 5.88. The molecule has 2 N–H and O–H groups in total. The molecule has 3 nitrogen and oxygen atoms in total. The van der Waals surface area contributed by atoms with Crippen molar-refractivity contribution in [3.63, 3.8) is 0 Å². The van der Waals surface area contributed by atoms with E-state index in [1.54, 1.807) is 0 Å². The fourth-order valence-corrected chi connectivity index (χ4v) is 5.01. The van der Waals surface area contributed by atoms with Gasteiger partial charge >= 0.3 is 0 Å². The van der Waals surface area contributed by atoms with E-state index >= 15 is 0 Å². The normalized spacial score (nSPS) is 51.4. The van der Waals surface area contributed by atoms with Crippen molar-refractivity contribution >= 4 is 5.78 Å². The Morgan fingerprint density at radius 3 is 2.33 bits per heavy atom. The lowest BCUT2D eigenvalue weighted by molar-refractivity contribution is -0.124. The number of carbonyl (C=O) groups excluding carboxylic acids is 1. The number of hydrogen-bond acceptors (Lipinski definition) is 3. The maximum atomic E-state index is 12.5. The molecule has 18 heavy (non-hydrogen) atoms. The summed E-state index contributed by atoms with van der Waals surface area (Å²) in [5, 5.41) is 7.58. The van der Waals surface area contributed by atoms with E-state index in [0.29, 0.717) is 35.7 Å². The molecule has 6 atom stereocenters. The predicted octanol–water partition coefficient (Wildman–Crippen LogP) is 1.62. The van der Waals surface area contributed by atoms with Crippen LogP contribution in [-0.2, 0) is 4.79 Å². The molecule has 100 valence electrons. The molecule has 4 fully saturated rings. The van der Waals surface area contributed by atoms with Crippen LogP contribution in [-0.4, -0.2) is 30.0 Å². The molecule has 0 amide bonds. The number of piperazine rings is 1. The Bertz CT molecular complexity index is 356. The number of fused-ring (bicyclic) bond motifs is 4. The standard InChI is InChI=1S/C15H24N2O/c18-15-10-6-2-1-5-9(10)13-14(15)17-12-8-4-3-7-11(12)16-13/h9-14,16-17H,1-8H2. The minimum Gasteiger partial charge on any atom is -0.307 e. The first-order valence-corrected chi connectivity index (χ1v) is 7.90. The first-order chi connectivity index (χ1) is 8.84. The van der Waals surface area contributed by atoms with Gasteiger partial charge in [0.15, 0.2) is 5.78 Å². The molecule has 4 rings (SSSR count). The fraction of sp³-hybridized carbons (Fsp3) is 0.933. The van der Waals surface area contributed by atoms with Crippen LogP contribution in [0.3, 0.4) is 0 Å². The Morgan fingerprint density at radius 2 is 1.50 bits per heavy atom. The quantitative estimate of drug-likeness (QED) is 0.684. The second-order valence-corrected chi connectivity index (χ2v) is 6.79. The first-order valence-electron chi connectivity index (χ1n) is 7.90. The second kappa shape index (κ2) is 4.31. The molecular formula is C15H24N2O. The number of carbonyl (C=O) groups is 1. The van der Waals surface area contributed by atoms with E-state index in [1.165, 1.54) is 44.9 Å². The minimum atomic E-state index is 0.137. The van der Waals surface area contributed by atoms with Crippen LogP contribution in [0.15, 0.2) is 0 Å². The van der Waals surface area contributed by atoms with Crippen molar-refractivity contribution in [2.75, 3.05) is 0 Å². The number of rotatable bonds is 0. The van der Waals surface area contributed by atoms with Gasteiger partial charge in [-0.2, -0.15) is 0 Å². The van der Waals surface area contributed by atoms with Gasteiger partial charge in [-0.05, 0) is 31.6 Å². The van der Waals surface area contributed by atoms with E-state index in [4.69, 9.17) is 0 Å². The first kappa shape index (κ1) is 11.4. The lowest BCUT2D eigenvalue weighted by Gasteiger charge is -2.44. The summed E-state index contributed by atoms with van der Waals surface area (Å²) in [7, 11) is 0. The maximum absolute atomic E-state index is 12.5. The van der Waals surface area contributed by atoms with Crippen molar-refractivity contribution in [3.05, 3.63) is 0 Å². The molecule has 3 saturated carbocycles. The molecule has 3 heteroatoms. The van der Waals surface area contributed by atoms with E-state index in [2.05, 4.69) is 10.6 Å². The highest BCUT2D eigenvalue weighted by atomic mass is 16.1. The van der Waals surface area contributed by atoms with Crippen LogP contribution in [0, 0.1) is 11.8 Å². The largest absolute Gasteiger partial charge is 0.307 e. The molecule has 0 bridgehead atoms. The van der Waals surface area contributed by atoms with Crippen molar-refractivity contribution in [2.24, 2.45) is 11.8 Å². The fourth-order valence-electron chi connectivity index (χ4n) is 5.01. The van der Waals surface area contributed by atoms with E-state index in [0.717, 1.165) is 6.42 Å². The van der Waals surface area contributed by atoms with Gasteiger partial charge < -0.3 is 10.6 Å². The summed E-state index contributed by atoms with van der Waals surface area (Å²) in [6.45, 7) is 0. The van der Waals surface area contributed by atoms with Gasteiger partial charge in [-0.25, -0.2) is 0 Å². The summed E-state index contributed by atoms with van der Waals surface area (Å²) < 4.78 is 0. The molecule has 1 aliphatic heterocycles. The zero-order valence-electron chi connectivity index (χ0n) is 11.0. The molecular weight excluding hydrogens is 224 g/mol. The Labute approximate surface area is 109 Å². The average molecular weight is 248 g/mol. The Hall–Kier alpha value is -0.410. The molecule has 4 aliphatic rings. The lowest BCUT2D eigenvalue weighted by atomic mass is 9.79. The van der Waals surface area contributed by atoms with Crippen molar-refractivity contribution in [1.82, 2.24) is 10.6 Å². The summed E-state index contributed by atoms with van der Waals surface area (Å²) in [6.07, 6.45) is 10.2. The molecule has 1 heterocycles. The predicted molar refractivity (Wildman–Crippen MR) is 70.3 cm³/mol. The summed E-state index contributed by atoms with van der Waals surface area (Å²) in [6, 6.07) is 1.78. The van der Waals surface area contributed by atoms with Crippen LogP contribution in [0.5, 0.6) is 0 Å². The molecule has 0 aromatic heterocycles. The van der Waals surface area contributed by atoms with Crippen LogP contribution in [0.2, 0.25) is 0 Å². The molecule has 1 saturated heterocycles. The van der Waals surface area contributed by atoms with Crippen molar-refractivity contribution in [1.29, 1.82) is 0 Å². The van der Waals surface area contributed by atoms with E-state index < -0.39 is 0 Å². The van der Waals surface area contributed by atoms with Gasteiger partial charge in [0.1, 0.15) is 0 Å². The zero-order valence-corrected chi connectivity index (χ0v) is 11.0. The molecule has 3 aliphatic carbocycles. The van der Waals surface area contributed by atoms with Crippen LogP contribution >= 0.6 is 0 Å². The van der Waals surface area contributed by atoms with E-state index in [-0.39, 0.29) is 6.04 Å². The molecule has 0 spiro atoms. The number of Topliss-reactive ketones (excluding diaryl/α,β-unsaturated/α-hetero) is 1. The van der Waals surface area contributed by atoms with Crippen LogP contribution in [0.4, 0.5) is 0 Å². The molecule has 6 unspecified atom stereocenters. The second-order valence-electron chi connectivity index (χ2n) is 6.79. The summed E-state index contributed by atoms with van der Waals surface area (Å²) >= 11 is 0. The summed E-state index contributed by atoms with van der Waals surface area (Å²) in [5.41, 5.74) is 0. The Kier molecular flexibility index (Phi) is 2.73. The van der Waals surface area contributed by atoms with Crippen LogP contribution in [0.25, 0.3) is 0 Å². The smallest absolute Gasteiger partial charge is 0.154 e. The van der Waals surface area contributed by atoms with Gasteiger partial charge in [0, 0.05) is 24.0 Å². The number of nitrogens with one attached hydrogen (secondary N) is 2. The van der Waals surface area contributed by atoms with Gasteiger partial charge in [0.25, 0.3) is 0 Å². The third kappa shape index (κ3) is 1.60. The summed E-state index contributed by atoms with van der Waals surface area (Å²) in [5.74, 6) is 1.53. The Morgan fingerprint density at radius 1 is 0.833 bits per heavy atom. The maximum Gasteiger partial charge on any atom is 0.154 e. The Balaban J connectivity index is 1.59. The number of hydrogen-bond donors (Lipinski definition) is 2. The number of ketones is 1.